The third-order valence-electron chi connectivity index (χ3n) is 6.79. The number of aromatic nitrogens is 2. The summed E-state index contributed by atoms with van der Waals surface area (Å²) < 4.78 is 68.1. The normalized spacial score (nSPS) is 25.4. The molecule has 0 bridgehead atoms. The third-order valence-corrected chi connectivity index (χ3v) is 8.40. The van der Waals surface area contributed by atoms with E-state index < -0.39 is 21.6 Å². The topological polar surface area (TPSA) is 96.6 Å². The summed E-state index contributed by atoms with van der Waals surface area (Å²) in [6, 6.07) is 4.74. The van der Waals surface area contributed by atoms with Gasteiger partial charge in [0.05, 0.1) is 23.0 Å². The van der Waals surface area contributed by atoms with Crippen LogP contribution in [0.2, 0.25) is 0 Å². The van der Waals surface area contributed by atoms with Gasteiger partial charge in [-0.3, -0.25) is 0 Å². The van der Waals surface area contributed by atoms with Gasteiger partial charge in [0.25, 0.3) is 0 Å². The molecule has 12 heteroatoms. The van der Waals surface area contributed by atoms with Crippen LogP contribution in [-0.2, 0) is 16.0 Å². The van der Waals surface area contributed by atoms with Gasteiger partial charge >= 0.3 is 12.2 Å². The lowest BCUT2D eigenvalue weighted by Crippen LogP contribution is -2.53. The Balaban J connectivity index is 1.38. The van der Waals surface area contributed by atoms with Crippen molar-refractivity contribution < 1.29 is 30.9 Å². The maximum absolute atomic E-state index is 13.3. The molecule has 8 nitrogen and oxygen atoms in total. The summed E-state index contributed by atoms with van der Waals surface area (Å²) in [5, 5.41) is 4.07. The highest BCUT2D eigenvalue weighted by atomic mass is 32.2. The zero-order chi connectivity index (χ0) is 24.1. The number of carbonyl (C=O) groups is 1. The predicted molar refractivity (Wildman–Crippen MR) is 115 cm³/mol. The van der Waals surface area contributed by atoms with Crippen molar-refractivity contribution in [1.82, 2.24) is 19.9 Å². The Morgan fingerprint density at radius 3 is 2.24 bits per heavy atom. The van der Waals surface area contributed by atoms with Gasteiger partial charge in [0.15, 0.2) is 15.7 Å². The first kappa shape index (κ1) is 23.1. The van der Waals surface area contributed by atoms with Crippen molar-refractivity contribution in [3.63, 3.8) is 0 Å². The van der Waals surface area contributed by atoms with Crippen molar-refractivity contribution in [3.8, 4) is 0 Å². The lowest BCUT2D eigenvalue weighted by Gasteiger charge is -2.40. The minimum Gasteiger partial charge on any atom is -0.339 e. The number of piperidine rings is 1. The molecule has 2 aromatic rings. The maximum atomic E-state index is 13.3. The molecule has 2 amide bonds. The number of rotatable bonds is 3. The van der Waals surface area contributed by atoms with E-state index in [1.807, 2.05) is 0 Å². The Morgan fingerprint density at radius 2 is 1.62 bits per heavy atom. The van der Waals surface area contributed by atoms with Crippen LogP contribution < -0.4 is 0 Å². The average Bonchev–Trinajstić information content (AvgIpc) is 3.54. The van der Waals surface area contributed by atoms with Crippen LogP contribution in [0.15, 0.2) is 28.8 Å². The molecule has 0 radical (unpaired) electrons. The van der Waals surface area contributed by atoms with Gasteiger partial charge in [-0.15, -0.1) is 0 Å². The maximum Gasteiger partial charge on any atom is 0.416 e. The van der Waals surface area contributed by atoms with E-state index in [-0.39, 0.29) is 42.5 Å². The van der Waals surface area contributed by atoms with Crippen LogP contribution in [0.5, 0.6) is 0 Å². The van der Waals surface area contributed by atoms with Gasteiger partial charge in [-0.25, -0.2) is 13.2 Å². The molecule has 3 fully saturated rings. The van der Waals surface area contributed by atoms with Crippen LogP contribution in [-0.4, -0.2) is 72.1 Å². The van der Waals surface area contributed by atoms with Gasteiger partial charge in [-0.1, -0.05) is 17.3 Å². The van der Waals surface area contributed by atoms with Crippen molar-refractivity contribution in [2.45, 2.75) is 43.2 Å². The Kier molecular flexibility index (Phi) is 5.81. The van der Waals surface area contributed by atoms with Crippen LogP contribution in [0.3, 0.4) is 0 Å². The number of sulfone groups is 1. The highest BCUT2D eigenvalue weighted by molar-refractivity contribution is 7.91. The SMILES string of the molecule is O=C(N1CCS(=O)(=O)CC1)N1CC(c2ccc(C(F)(F)F)cc2)CC(c2nc(C3CC3)no2)C1. The molecule has 1 aromatic carbocycles. The van der Waals surface area contributed by atoms with Gasteiger partial charge in [0.1, 0.15) is 0 Å². The van der Waals surface area contributed by atoms with E-state index in [9.17, 15) is 26.4 Å². The van der Waals surface area contributed by atoms with Crippen molar-refractivity contribution in [3.05, 3.63) is 47.1 Å². The predicted octanol–water partition coefficient (Wildman–Crippen LogP) is 3.39. The first-order chi connectivity index (χ1) is 16.1. The van der Waals surface area contributed by atoms with E-state index in [4.69, 9.17) is 4.52 Å². The Bertz CT molecular complexity index is 1150. The lowest BCUT2D eigenvalue weighted by molar-refractivity contribution is -0.137. The van der Waals surface area contributed by atoms with Crippen LogP contribution in [0.4, 0.5) is 18.0 Å². The molecule has 3 aliphatic rings. The molecular formula is C22H25F3N4O4S. The fourth-order valence-corrected chi connectivity index (χ4v) is 5.85. The first-order valence-corrected chi connectivity index (χ1v) is 13.2. The molecule has 2 aliphatic heterocycles. The van der Waals surface area contributed by atoms with Crippen LogP contribution in [0.25, 0.3) is 0 Å². The second kappa shape index (κ2) is 8.54. The van der Waals surface area contributed by atoms with E-state index in [0.717, 1.165) is 25.0 Å². The molecule has 1 aromatic heterocycles. The zero-order valence-electron chi connectivity index (χ0n) is 18.4. The van der Waals surface area contributed by atoms with Gasteiger partial charge in [0, 0.05) is 38.0 Å². The molecule has 5 rings (SSSR count). The summed E-state index contributed by atoms with van der Waals surface area (Å²) in [6.07, 6.45) is -1.84. The third kappa shape index (κ3) is 4.91. The monoisotopic (exact) mass is 498 g/mol. The number of benzene rings is 1. The molecule has 34 heavy (non-hydrogen) atoms. The minimum atomic E-state index is -4.42. The van der Waals surface area contributed by atoms with Gasteiger partial charge in [-0.05, 0) is 37.0 Å². The molecule has 0 N–H and O–H groups in total. The Morgan fingerprint density at radius 1 is 0.971 bits per heavy atom. The van der Waals surface area contributed by atoms with Crippen molar-refractivity contribution in [2.24, 2.45) is 0 Å². The van der Waals surface area contributed by atoms with E-state index in [1.165, 1.54) is 17.0 Å². The molecule has 2 saturated heterocycles. The number of halogens is 3. The van der Waals surface area contributed by atoms with E-state index in [1.54, 1.807) is 4.90 Å². The van der Waals surface area contributed by atoms with E-state index >= 15 is 0 Å². The standard InChI is InChI=1S/C22H25F3N4O4S/c23-22(24,25)18-5-3-14(4-6-18)16-11-17(20-26-19(27-33-20)15-1-2-15)13-29(12-16)21(30)28-7-9-34(31,32)10-8-28/h3-6,15-17H,1-2,7-13H2. The highest BCUT2D eigenvalue weighted by Crippen LogP contribution is 2.41. The zero-order valence-corrected chi connectivity index (χ0v) is 19.2. The molecule has 1 saturated carbocycles. The fraction of sp³-hybridized carbons (Fsp3) is 0.591. The number of likely N-dealkylation sites (tertiary alicyclic amines) is 1. The largest absolute Gasteiger partial charge is 0.416 e. The molecular weight excluding hydrogens is 473 g/mol. The van der Waals surface area contributed by atoms with Gasteiger partial charge in [-0.2, -0.15) is 18.2 Å². The van der Waals surface area contributed by atoms with E-state index in [0.29, 0.717) is 42.7 Å². The second-order valence-corrected chi connectivity index (χ2v) is 11.6. The number of alkyl halides is 3. The molecule has 3 heterocycles. The second-order valence-electron chi connectivity index (χ2n) is 9.34. The van der Waals surface area contributed by atoms with Crippen molar-refractivity contribution in [2.75, 3.05) is 37.7 Å². The van der Waals surface area contributed by atoms with Gasteiger partial charge < -0.3 is 14.3 Å². The fourth-order valence-electron chi connectivity index (χ4n) is 4.64. The van der Waals surface area contributed by atoms with E-state index in [2.05, 4.69) is 10.1 Å². The summed E-state index contributed by atoms with van der Waals surface area (Å²) in [4.78, 5) is 21.0. The number of hydrogen-bond acceptors (Lipinski definition) is 6. The Labute approximate surface area is 195 Å². The number of amides is 2. The smallest absolute Gasteiger partial charge is 0.339 e. The minimum absolute atomic E-state index is 0.0766. The van der Waals surface area contributed by atoms with Crippen molar-refractivity contribution in [1.29, 1.82) is 0 Å². The summed E-state index contributed by atoms with van der Waals surface area (Å²) in [6.45, 7) is 0.887. The Hall–Kier alpha value is -2.63. The number of hydrogen-bond donors (Lipinski definition) is 0. The average molecular weight is 499 g/mol. The molecule has 0 spiro atoms. The van der Waals surface area contributed by atoms with Crippen LogP contribution >= 0.6 is 0 Å². The molecule has 1 aliphatic carbocycles. The molecule has 2 unspecified atom stereocenters. The number of urea groups is 1. The summed E-state index contributed by atoms with van der Waals surface area (Å²) in [5.74, 6) is 0.746. The van der Waals surface area contributed by atoms with Gasteiger partial charge in [0.2, 0.25) is 5.89 Å². The molecule has 184 valence electrons. The summed E-state index contributed by atoms with van der Waals surface area (Å²) in [7, 11) is -3.14. The van der Waals surface area contributed by atoms with Crippen LogP contribution in [0.1, 0.15) is 59.9 Å². The summed E-state index contributed by atoms with van der Waals surface area (Å²) >= 11 is 0. The quantitative estimate of drug-likeness (QED) is 0.644. The highest BCUT2D eigenvalue weighted by Gasteiger charge is 2.39. The number of nitrogens with zero attached hydrogens (tertiary/aromatic N) is 4. The molecule has 2 atom stereocenters. The van der Waals surface area contributed by atoms with Crippen molar-refractivity contribution >= 4 is 15.9 Å². The lowest BCUT2D eigenvalue weighted by atomic mass is 9.84. The first-order valence-electron chi connectivity index (χ1n) is 11.3. The van der Waals surface area contributed by atoms with Crippen LogP contribution in [0, 0.1) is 0 Å². The summed E-state index contributed by atoms with van der Waals surface area (Å²) in [5.41, 5.74) is -0.0318. The number of carbonyl (C=O) groups excluding carboxylic acids is 1.